The Morgan fingerprint density at radius 2 is 1.70 bits per heavy atom. The van der Waals surface area contributed by atoms with E-state index in [2.05, 4.69) is 87.5 Å². The summed E-state index contributed by atoms with van der Waals surface area (Å²) in [7, 11) is -0.770. The number of hydrogen-bond donors (Lipinski definition) is 1. The van der Waals surface area contributed by atoms with E-state index < -0.39 is 13.7 Å². The second-order valence-corrected chi connectivity index (χ2v) is 23.0. The van der Waals surface area contributed by atoms with Crippen LogP contribution in [0, 0.1) is 5.92 Å². The summed E-state index contributed by atoms with van der Waals surface area (Å²) in [4.78, 5) is 33.2. The van der Waals surface area contributed by atoms with Crippen LogP contribution in [0.4, 0.5) is 17.1 Å². The van der Waals surface area contributed by atoms with Crippen LogP contribution in [0.2, 0.25) is 18.6 Å². The van der Waals surface area contributed by atoms with E-state index in [1.807, 2.05) is 93.5 Å². The summed E-state index contributed by atoms with van der Waals surface area (Å²) in [5, 5.41) is 20.7. The summed E-state index contributed by atoms with van der Waals surface area (Å²) in [5.41, 5.74) is 7.27. The third-order valence-electron chi connectivity index (χ3n) is 13.8. The van der Waals surface area contributed by atoms with Crippen LogP contribution in [-0.4, -0.2) is 66.4 Å². The lowest BCUT2D eigenvalue weighted by atomic mass is 9.82. The van der Waals surface area contributed by atoms with Gasteiger partial charge in [-0.05, 0) is 99.5 Å². The zero-order chi connectivity index (χ0) is 44.5. The van der Waals surface area contributed by atoms with Gasteiger partial charge in [0.15, 0.2) is 5.60 Å². The molecule has 3 aliphatic heterocycles. The average Bonchev–Trinajstić information content (AvgIpc) is 3.94. The molecule has 0 radical (unpaired) electrons. The van der Waals surface area contributed by atoms with Crippen LogP contribution in [-0.2, 0) is 32.9 Å². The van der Waals surface area contributed by atoms with Crippen molar-refractivity contribution in [1.29, 1.82) is 0 Å². The second-order valence-electron chi connectivity index (χ2n) is 18.3. The minimum absolute atomic E-state index is 0.00231. The minimum Gasteiger partial charge on any atom is -0.497 e. The van der Waals surface area contributed by atoms with Gasteiger partial charge in [0.1, 0.15) is 5.75 Å². The predicted octanol–water partition coefficient (Wildman–Crippen LogP) is 9.37. The zero-order valence-electron chi connectivity index (χ0n) is 37.8. The molecule has 4 heterocycles. The van der Waals surface area contributed by atoms with Crippen molar-refractivity contribution in [2.24, 2.45) is 5.92 Å². The number of amides is 2. The van der Waals surface area contributed by atoms with E-state index >= 15 is 4.79 Å². The first-order chi connectivity index (χ1) is 30.4. The highest BCUT2D eigenvalue weighted by Gasteiger charge is 2.66. The summed E-state index contributed by atoms with van der Waals surface area (Å²) in [6.07, 6.45) is 9.59. The molecule has 0 saturated carbocycles. The van der Waals surface area contributed by atoms with Gasteiger partial charge >= 0.3 is 0 Å². The number of para-hydroxylation sites is 1. The van der Waals surface area contributed by atoms with Crippen LogP contribution in [0.25, 0.3) is 0 Å². The van der Waals surface area contributed by atoms with Crippen molar-refractivity contribution < 1.29 is 24.2 Å². The largest absolute Gasteiger partial charge is 0.497 e. The quantitative estimate of drug-likeness (QED) is 0.0826. The van der Waals surface area contributed by atoms with Crippen LogP contribution >= 0.6 is 0 Å². The molecule has 0 aliphatic carbocycles. The Kier molecular flexibility index (Phi) is 12.7. The van der Waals surface area contributed by atoms with Crippen molar-refractivity contribution in [2.45, 2.75) is 103 Å². The standard InChI is InChI=1S/C52H61N5O5Si/c1-35(2)14-13-15-36(3)28-31-56-47-26-21-40(57-46-19-12-11-18-39(46)20-27-49(57)59)32-44(47)52(51(56)60)37(4)50(63(6,7)42-24-22-41(61-5)23-25-42)48(62-52)29-30-55-33-45(53-54-55)43(34-58)38-16-9-8-10-17-38/h8-12,14,16-19,21-26,28,32-33,37,43,48,50,58H,13,15,20,27,29-31,34H2,1-7H3/b36-28+/t37-,43?,48+,50-,52+/m0/s1. The number of fused-ring (bicyclic) bond motifs is 3. The number of methoxy groups -OCH3 is 1. The van der Waals surface area contributed by atoms with Gasteiger partial charge in [0.05, 0.1) is 50.9 Å². The number of carbonyl (C=O) groups is 2. The van der Waals surface area contributed by atoms with Crippen molar-refractivity contribution in [2.75, 3.05) is 30.1 Å². The molecule has 1 unspecified atom stereocenters. The lowest BCUT2D eigenvalue weighted by molar-refractivity contribution is -0.145. The molecule has 11 heteroatoms. The Labute approximate surface area is 373 Å². The van der Waals surface area contributed by atoms with Crippen LogP contribution in [0.1, 0.15) is 81.7 Å². The van der Waals surface area contributed by atoms with E-state index in [1.54, 1.807) is 7.11 Å². The van der Waals surface area contributed by atoms with E-state index in [0.717, 1.165) is 52.3 Å². The molecule has 2 amide bonds. The second kappa shape index (κ2) is 18.2. The summed E-state index contributed by atoms with van der Waals surface area (Å²) in [6, 6.07) is 32.5. The number of hydrogen-bond acceptors (Lipinski definition) is 7. The number of benzene rings is 4. The summed E-state index contributed by atoms with van der Waals surface area (Å²) in [6.45, 7) is 14.2. The van der Waals surface area contributed by atoms with Crippen LogP contribution in [0.3, 0.4) is 0 Å². The van der Waals surface area contributed by atoms with Gasteiger partial charge in [-0.3, -0.25) is 19.2 Å². The highest BCUT2D eigenvalue weighted by molar-refractivity contribution is 6.91. The molecule has 5 atom stereocenters. The number of anilines is 3. The zero-order valence-corrected chi connectivity index (χ0v) is 38.8. The lowest BCUT2D eigenvalue weighted by Crippen LogP contribution is -2.52. The van der Waals surface area contributed by atoms with E-state index in [9.17, 15) is 9.90 Å². The van der Waals surface area contributed by atoms with Gasteiger partial charge < -0.3 is 19.5 Å². The number of aryl methyl sites for hydroxylation is 2. The smallest absolute Gasteiger partial charge is 0.264 e. The van der Waals surface area contributed by atoms with Crippen LogP contribution < -0.4 is 19.7 Å². The van der Waals surface area contributed by atoms with E-state index in [-0.39, 0.29) is 41.9 Å². The minimum atomic E-state index is -2.45. The molecule has 1 fully saturated rings. The molecule has 1 aromatic heterocycles. The van der Waals surface area contributed by atoms with Crippen molar-refractivity contribution in [1.82, 2.24) is 15.0 Å². The monoisotopic (exact) mass is 863 g/mol. The van der Waals surface area contributed by atoms with Crippen molar-refractivity contribution in [3.8, 4) is 5.75 Å². The number of carbonyl (C=O) groups excluding carboxylic acids is 2. The van der Waals surface area contributed by atoms with Crippen molar-refractivity contribution in [3.05, 3.63) is 149 Å². The van der Waals surface area contributed by atoms with E-state index in [0.29, 0.717) is 38.0 Å². The fraction of sp³-hybridized carbons (Fsp3) is 0.385. The third kappa shape index (κ3) is 8.34. The molecule has 10 nitrogen and oxygen atoms in total. The Hall–Kier alpha value is -5.62. The maximum atomic E-state index is 15.7. The van der Waals surface area contributed by atoms with E-state index in [4.69, 9.17) is 9.47 Å². The molecular weight excluding hydrogens is 803 g/mol. The van der Waals surface area contributed by atoms with Gasteiger partial charge in [0.25, 0.3) is 5.91 Å². The molecule has 328 valence electrons. The van der Waals surface area contributed by atoms with Gasteiger partial charge in [-0.1, -0.05) is 114 Å². The Balaban J connectivity index is 1.21. The molecule has 4 aromatic carbocycles. The molecule has 8 rings (SSSR count). The summed E-state index contributed by atoms with van der Waals surface area (Å²) in [5.74, 6) is 0.243. The number of nitrogens with zero attached hydrogens (tertiary/aromatic N) is 5. The number of ether oxygens (including phenoxy) is 2. The fourth-order valence-electron chi connectivity index (χ4n) is 10.4. The van der Waals surface area contributed by atoms with Crippen LogP contribution in [0.5, 0.6) is 5.75 Å². The summed E-state index contributed by atoms with van der Waals surface area (Å²) >= 11 is 0. The normalized spacial score (nSPS) is 21.5. The molecule has 1 spiro atoms. The van der Waals surface area contributed by atoms with Crippen molar-refractivity contribution in [3.63, 3.8) is 0 Å². The van der Waals surface area contributed by atoms with Gasteiger partial charge in [-0.25, -0.2) is 0 Å². The first kappa shape index (κ1) is 44.0. The molecule has 1 N–H and O–H groups in total. The molecule has 63 heavy (non-hydrogen) atoms. The van der Waals surface area contributed by atoms with Gasteiger partial charge in [-0.15, -0.1) is 5.10 Å². The molecular formula is C52H61N5O5Si. The Morgan fingerprint density at radius 1 is 0.952 bits per heavy atom. The molecule has 5 aromatic rings. The lowest BCUT2D eigenvalue weighted by Gasteiger charge is -2.37. The SMILES string of the molecule is COc1ccc([Si](C)(C)[C@@H]2[C@@H](CCn3cc(C(CO)c4ccccc4)nn3)O[C@]3(C(=O)N(C/C=C(\C)CCC=C(C)C)c4ccc(N5C(=O)CCc6ccccc65)cc43)[C@H]2C)cc1. The maximum Gasteiger partial charge on any atom is 0.264 e. The molecule has 3 aliphatic rings. The number of aliphatic hydroxyl groups is 1. The molecule has 1 saturated heterocycles. The molecule has 0 bridgehead atoms. The number of aromatic nitrogens is 3. The Morgan fingerprint density at radius 3 is 2.43 bits per heavy atom. The summed E-state index contributed by atoms with van der Waals surface area (Å²) < 4.78 is 15.0. The Bertz CT molecular complexity index is 2510. The fourth-order valence-corrected chi connectivity index (χ4v) is 14.5. The van der Waals surface area contributed by atoms with Crippen LogP contribution in [0.15, 0.2) is 127 Å². The van der Waals surface area contributed by atoms with Gasteiger partial charge in [-0.2, -0.15) is 0 Å². The maximum absolute atomic E-state index is 15.7. The third-order valence-corrected chi connectivity index (χ3v) is 18.2. The van der Waals surface area contributed by atoms with Gasteiger partial charge in [0.2, 0.25) is 5.91 Å². The van der Waals surface area contributed by atoms with Gasteiger partial charge in [0, 0.05) is 42.9 Å². The highest BCUT2D eigenvalue weighted by atomic mass is 28.3. The van der Waals surface area contributed by atoms with Crippen molar-refractivity contribution >= 4 is 42.1 Å². The number of aliphatic hydroxyl groups excluding tert-OH is 1. The highest BCUT2D eigenvalue weighted by Crippen LogP contribution is 2.60. The van der Waals surface area contributed by atoms with E-state index in [1.165, 1.54) is 16.3 Å². The first-order valence-corrected chi connectivity index (χ1v) is 25.5. The average molecular weight is 864 g/mol. The number of rotatable bonds is 15. The predicted molar refractivity (Wildman–Crippen MR) is 253 cm³/mol. The number of allylic oxidation sites excluding steroid dienone is 3. The topological polar surface area (TPSA) is 110 Å². The first-order valence-electron chi connectivity index (χ1n) is 22.4.